The summed E-state index contributed by atoms with van der Waals surface area (Å²) >= 11 is 0. The molecular weight excluding hydrogens is 1020 g/mol. The van der Waals surface area contributed by atoms with Gasteiger partial charge in [0.05, 0.1) is 35.6 Å². The number of nitrogens with one attached hydrogen (secondary N) is 1. The van der Waals surface area contributed by atoms with Gasteiger partial charge in [-0.25, -0.2) is 9.59 Å². The van der Waals surface area contributed by atoms with Crippen LogP contribution < -0.4 is 5.32 Å². The Labute approximate surface area is 455 Å². The zero-order chi connectivity index (χ0) is 56.8. The third-order valence-electron chi connectivity index (χ3n) is 18.1. The molecule has 3 fully saturated rings. The van der Waals surface area contributed by atoms with Gasteiger partial charge >= 0.3 is 23.9 Å². The van der Waals surface area contributed by atoms with Crippen molar-refractivity contribution in [2.24, 2.45) is 16.7 Å². The molecule has 77 heavy (non-hydrogen) atoms. The lowest BCUT2D eigenvalue weighted by Gasteiger charge is -2.68. The Balaban J connectivity index is 1.50. The van der Waals surface area contributed by atoms with Crippen molar-refractivity contribution in [3.63, 3.8) is 0 Å². The third kappa shape index (κ3) is 10.7. The van der Waals surface area contributed by atoms with Gasteiger partial charge in [-0.05, 0) is 103 Å². The second kappa shape index (κ2) is 22.0. The Bertz CT molecular complexity index is 2730. The largest absolute Gasteiger partial charge is 0.508 e. The molecule has 2 saturated carbocycles. The van der Waals surface area contributed by atoms with Crippen molar-refractivity contribution in [3.05, 3.63) is 113 Å². The van der Waals surface area contributed by atoms with Crippen LogP contribution in [0, 0.1) is 16.7 Å². The van der Waals surface area contributed by atoms with Crippen molar-refractivity contribution >= 4 is 52.2 Å². The highest BCUT2D eigenvalue weighted by molar-refractivity contribution is 6.74. The number of aromatic hydroxyl groups is 1. The molecule has 1 aliphatic heterocycles. The summed E-state index contributed by atoms with van der Waals surface area (Å²) in [7, 11) is -5.64. The fourth-order valence-electron chi connectivity index (χ4n) is 12.3. The topological polar surface area (TPSA) is 220 Å². The van der Waals surface area contributed by atoms with E-state index in [2.05, 4.69) is 5.32 Å². The summed E-state index contributed by atoms with van der Waals surface area (Å²) in [6.07, 6.45) is -8.85. The normalized spacial score (nSPS) is 28.7. The Morgan fingerprint density at radius 1 is 0.818 bits per heavy atom. The van der Waals surface area contributed by atoms with Gasteiger partial charge in [0.2, 0.25) is 0 Å². The van der Waals surface area contributed by atoms with E-state index in [0.29, 0.717) is 29.3 Å². The maximum atomic E-state index is 16.6. The van der Waals surface area contributed by atoms with Gasteiger partial charge in [0.25, 0.3) is 5.91 Å². The maximum absolute atomic E-state index is 16.6. The van der Waals surface area contributed by atoms with Gasteiger partial charge in [0.1, 0.15) is 29.7 Å². The average molecular weight is 1100 g/mol. The maximum Gasteiger partial charge on any atom is 0.338 e. The van der Waals surface area contributed by atoms with Gasteiger partial charge in [-0.2, -0.15) is 0 Å². The van der Waals surface area contributed by atoms with Crippen molar-refractivity contribution in [2.45, 2.75) is 186 Å². The van der Waals surface area contributed by atoms with E-state index in [1.165, 1.54) is 38.1 Å². The number of benzene rings is 3. The van der Waals surface area contributed by atoms with Crippen LogP contribution in [0.3, 0.4) is 0 Å². The minimum absolute atomic E-state index is 0.0149. The van der Waals surface area contributed by atoms with E-state index in [-0.39, 0.29) is 35.5 Å². The molecule has 1 saturated heterocycles. The zero-order valence-electron chi connectivity index (χ0n) is 47.1. The number of fused-ring (bicyclic) bond motifs is 5. The summed E-state index contributed by atoms with van der Waals surface area (Å²) in [6, 6.07) is 23.7. The molecule has 418 valence electrons. The standard InChI is InChI=1S/C59H79NO15Si2/c1-15-77(16-2,17-3)74-43-32-44-58(34-69-44,73-37(6)62)49-51(72-53(66)40-28-30-41(63)31-29-40)59(68)33-42(35(4)45(56(59,10)11)47(70-36(5)61)50(64)57(43,49)12)71-54(67)48(75-76(13,14)55(7,8)9)46(38-24-20-18-21-25-38)60-52(65)39-26-22-19-23-27-39/h18-31,42-44,46-49,51,63,68H,15-17,32-34H2,1-14H3,(H,60,65)/t42-,43-,44+,46-,47+,48+,49-,51-,57+,58-,59+/m0/s1. The fourth-order valence-corrected chi connectivity index (χ4v) is 16.4. The molecule has 0 unspecified atom stereocenters. The van der Waals surface area contributed by atoms with E-state index in [1.54, 1.807) is 82.3 Å². The molecule has 3 aliphatic carbocycles. The summed E-state index contributed by atoms with van der Waals surface area (Å²) in [5.74, 6) is -6.17. The van der Waals surface area contributed by atoms with Crippen LogP contribution in [0.15, 0.2) is 96.1 Å². The number of phenols is 1. The highest BCUT2D eigenvalue weighted by Crippen LogP contribution is 2.65. The molecular formula is C59H79NO15Si2. The Morgan fingerprint density at radius 2 is 1.40 bits per heavy atom. The molecule has 1 amide bonds. The molecule has 1 heterocycles. The summed E-state index contributed by atoms with van der Waals surface area (Å²) in [5, 5.41) is 27.3. The monoisotopic (exact) mass is 1100 g/mol. The predicted molar refractivity (Wildman–Crippen MR) is 291 cm³/mol. The van der Waals surface area contributed by atoms with Crippen LogP contribution >= 0.6 is 0 Å². The first-order valence-corrected chi connectivity index (χ1v) is 32.3. The number of Topliss-reactive ketones (excluding diaryl/α,β-unsaturated/α-hetero) is 1. The molecule has 4 aliphatic rings. The number of aliphatic hydroxyl groups is 1. The van der Waals surface area contributed by atoms with E-state index in [9.17, 15) is 29.4 Å². The minimum Gasteiger partial charge on any atom is -0.508 e. The van der Waals surface area contributed by atoms with Crippen LogP contribution in [0.25, 0.3) is 0 Å². The number of carbonyl (C=O) groups excluding carboxylic acids is 6. The predicted octanol–water partition coefficient (Wildman–Crippen LogP) is 9.50. The molecule has 7 rings (SSSR count). The first kappa shape index (κ1) is 59.2. The number of phenolic OH excluding ortho intramolecular Hbond substituents is 1. The smallest absolute Gasteiger partial charge is 0.338 e. The number of amides is 1. The summed E-state index contributed by atoms with van der Waals surface area (Å²) in [5.41, 5.74) is -6.43. The zero-order valence-corrected chi connectivity index (χ0v) is 49.1. The second-order valence-electron chi connectivity index (χ2n) is 23.7. The van der Waals surface area contributed by atoms with Crippen LogP contribution in [-0.4, -0.2) is 117 Å². The first-order valence-electron chi connectivity index (χ1n) is 26.9. The number of hydrogen-bond donors (Lipinski definition) is 3. The van der Waals surface area contributed by atoms with E-state index >= 15 is 9.59 Å². The van der Waals surface area contributed by atoms with E-state index in [0.717, 1.165) is 0 Å². The number of carbonyl (C=O) groups is 6. The number of esters is 4. The van der Waals surface area contributed by atoms with Crippen LogP contribution in [0.4, 0.5) is 0 Å². The highest BCUT2D eigenvalue weighted by atomic mass is 28.4. The Morgan fingerprint density at radius 3 is 1.92 bits per heavy atom. The van der Waals surface area contributed by atoms with Crippen molar-refractivity contribution in [1.29, 1.82) is 0 Å². The molecule has 16 nitrogen and oxygen atoms in total. The van der Waals surface area contributed by atoms with E-state index in [4.69, 9.17) is 32.5 Å². The minimum atomic E-state index is -2.96. The molecule has 3 N–H and O–H groups in total. The lowest BCUT2D eigenvalue weighted by atomic mass is 9.44. The van der Waals surface area contributed by atoms with E-state index < -0.39 is 134 Å². The first-order chi connectivity index (χ1) is 36.0. The van der Waals surface area contributed by atoms with Crippen molar-refractivity contribution in [1.82, 2.24) is 5.32 Å². The lowest BCUT2D eigenvalue weighted by Crippen LogP contribution is -2.82. The molecule has 0 aromatic heterocycles. The quantitative estimate of drug-likeness (QED) is 0.0496. The average Bonchev–Trinajstić information content (AvgIpc) is 3.43. The molecule has 0 radical (unpaired) electrons. The Kier molecular flexibility index (Phi) is 16.9. The van der Waals surface area contributed by atoms with Gasteiger partial charge < -0.3 is 48.1 Å². The highest BCUT2D eigenvalue weighted by Gasteiger charge is 2.79. The van der Waals surface area contributed by atoms with Crippen molar-refractivity contribution in [3.8, 4) is 5.75 Å². The van der Waals surface area contributed by atoms with Crippen molar-refractivity contribution < 1.29 is 71.5 Å². The molecule has 3 aromatic rings. The number of hydrogen-bond acceptors (Lipinski definition) is 15. The molecule has 3 aromatic carbocycles. The molecule has 2 bridgehead atoms. The van der Waals surface area contributed by atoms with E-state index in [1.807, 2.05) is 60.7 Å². The number of ketones is 1. The molecule has 0 spiro atoms. The van der Waals surface area contributed by atoms with Gasteiger partial charge in [-0.3, -0.25) is 19.2 Å². The molecule has 11 atom stereocenters. The van der Waals surface area contributed by atoms with Crippen LogP contribution in [0.1, 0.15) is 128 Å². The fraction of sp³-hybridized carbons (Fsp3) is 0.559. The summed E-state index contributed by atoms with van der Waals surface area (Å²) in [6.45, 7) is 24.9. The van der Waals surface area contributed by atoms with Gasteiger partial charge in [0, 0.05) is 37.7 Å². The van der Waals surface area contributed by atoms with Crippen LogP contribution in [0.2, 0.25) is 36.3 Å². The van der Waals surface area contributed by atoms with Gasteiger partial charge in [-0.1, -0.05) is 104 Å². The van der Waals surface area contributed by atoms with Gasteiger partial charge in [0.15, 0.2) is 40.2 Å². The third-order valence-corrected chi connectivity index (χ3v) is 27.2. The van der Waals surface area contributed by atoms with Crippen LogP contribution in [-0.2, 0) is 51.7 Å². The number of rotatable bonds is 17. The van der Waals surface area contributed by atoms with Crippen LogP contribution in [0.5, 0.6) is 5.75 Å². The second-order valence-corrected chi connectivity index (χ2v) is 33.2. The number of ether oxygens (including phenoxy) is 5. The molecule has 18 heteroatoms. The summed E-state index contributed by atoms with van der Waals surface area (Å²) < 4.78 is 46.9. The Hall–Kier alpha value is -5.51. The van der Waals surface area contributed by atoms with Gasteiger partial charge in [-0.15, -0.1) is 0 Å². The lowest BCUT2D eigenvalue weighted by molar-refractivity contribution is -0.344. The summed E-state index contributed by atoms with van der Waals surface area (Å²) in [4.78, 5) is 88.7. The van der Waals surface area contributed by atoms with Crippen molar-refractivity contribution in [2.75, 3.05) is 6.61 Å². The SMILES string of the molecule is CC[Si](CC)(CC)O[C@H]1C[C@H]2OC[C@@]2(OC(C)=O)[C@H]2[C@H](OC(=O)c3ccc(O)cc3)[C@]3(O)C[C@H](OC(=O)[C@H](O[Si](C)(C)C(C)(C)C)[C@@H](NC(=O)c4ccccc4)c4ccccc4)C(C)=C([C@@H](OC(C)=O)C(=O)[C@]12C)C3(C)C.